The van der Waals surface area contributed by atoms with Crippen molar-refractivity contribution in [3.8, 4) is 5.75 Å². The Morgan fingerprint density at radius 1 is 1.12 bits per heavy atom. The van der Waals surface area contributed by atoms with Crippen LogP contribution in [0.3, 0.4) is 0 Å². The summed E-state index contributed by atoms with van der Waals surface area (Å²) in [6.45, 7) is 1.63. The minimum absolute atomic E-state index is 0.159. The quantitative estimate of drug-likeness (QED) is 0.458. The first-order valence-electron chi connectivity index (χ1n) is 10.3. The van der Waals surface area contributed by atoms with Crippen molar-refractivity contribution in [1.82, 2.24) is 5.43 Å². The van der Waals surface area contributed by atoms with Gasteiger partial charge < -0.3 is 14.5 Å². The van der Waals surface area contributed by atoms with Crippen LogP contribution in [0.15, 0.2) is 58.0 Å². The number of furan rings is 1. The van der Waals surface area contributed by atoms with Gasteiger partial charge in [0.05, 0.1) is 16.4 Å². The van der Waals surface area contributed by atoms with Crippen LogP contribution in [0.25, 0.3) is 0 Å². The number of nitrogens with zero attached hydrogens (tertiary/aromatic N) is 1. The van der Waals surface area contributed by atoms with E-state index in [-0.39, 0.29) is 18.3 Å². The van der Waals surface area contributed by atoms with Gasteiger partial charge in [0.25, 0.3) is 11.8 Å². The number of hydrazone groups is 1. The number of benzene rings is 2. The van der Waals surface area contributed by atoms with E-state index in [1.165, 1.54) is 0 Å². The third kappa shape index (κ3) is 5.38. The molecule has 1 aliphatic rings. The molecular weight excluding hydrogens is 465 g/mol. The maximum atomic E-state index is 12.9. The van der Waals surface area contributed by atoms with Crippen LogP contribution < -0.4 is 15.5 Å². The van der Waals surface area contributed by atoms with Gasteiger partial charge >= 0.3 is 0 Å². The van der Waals surface area contributed by atoms with E-state index in [0.29, 0.717) is 51.4 Å². The summed E-state index contributed by atoms with van der Waals surface area (Å²) in [6, 6.07) is 13.9. The van der Waals surface area contributed by atoms with Crippen molar-refractivity contribution < 1.29 is 18.7 Å². The molecule has 2 aromatic carbocycles. The van der Waals surface area contributed by atoms with Crippen LogP contribution in [0.5, 0.6) is 5.75 Å². The Balaban J connectivity index is 1.47. The van der Waals surface area contributed by atoms with E-state index < -0.39 is 5.91 Å². The SMILES string of the molecule is Cc1c(C(=O)Nc2ccc(Cl)cc2Cl)oc2c1/C(=N/NC(=O)COc1ccccc1)CCC2. The molecular formula is C24H21Cl2N3O4. The van der Waals surface area contributed by atoms with Crippen LogP contribution in [-0.4, -0.2) is 24.1 Å². The Morgan fingerprint density at radius 2 is 1.91 bits per heavy atom. The number of aryl methyl sites for hydroxylation is 1. The number of hydrogen-bond donors (Lipinski definition) is 2. The highest BCUT2D eigenvalue weighted by Gasteiger charge is 2.28. The molecule has 0 bridgehead atoms. The van der Waals surface area contributed by atoms with Crippen LogP contribution in [0.4, 0.5) is 5.69 Å². The van der Waals surface area contributed by atoms with Crippen LogP contribution in [0.1, 0.15) is 40.3 Å². The maximum absolute atomic E-state index is 12.9. The molecule has 2 amide bonds. The highest BCUT2D eigenvalue weighted by Crippen LogP contribution is 2.31. The second kappa shape index (κ2) is 10.1. The third-order valence-corrected chi connectivity index (χ3v) is 5.69. The number of anilines is 1. The van der Waals surface area contributed by atoms with Crippen molar-refractivity contribution >= 4 is 46.4 Å². The zero-order valence-electron chi connectivity index (χ0n) is 17.8. The van der Waals surface area contributed by atoms with Crippen LogP contribution in [0.2, 0.25) is 10.0 Å². The summed E-state index contributed by atoms with van der Waals surface area (Å²) < 4.78 is 11.3. The number of carbonyl (C=O) groups excluding carboxylic acids is 2. The zero-order valence-corrected chi connectivity index (χ0v) is 19.3. The van der Waals surface area contributed by atoms with Gasteiger partial charge in [-0.05, 0) is 50.1 Å². The minimum Gasteiger partial charge on any atom is -0.484 e. The van der Waals surface area contributed by atoms with Gasteiger partial charge in [0.2, 0.25) is 0 Å². The van der Waals surface area contributed by atoms with Crippen molar-refractivity contribution in [3.63, 3.8) is 0 Å². The number of fused-ring (bicyclic) bond motifs is 1. The summed E-state index contributed by atoms with van der Waals surface area (Å²) in [6.07, 6.45) is 2.12. The molecule has 0 spiro atoms. The first-order chi connectivity index (χ1) is 15.9. The molecule has 0 saturated carbocycles. The average molecular weight is 486 g/mol. The lowest BCUT2D eigenvalue weighted by atomic mass is 9.93. The molecule has 1 aromatic heterocycles. The monoisotopic (exact) mass is 485 g/mol. The van der Waals surface area contributed by atoms with Crippen LogP contribution in [0, 0.1) is 6.92 Å². The number of hydrogen-bond acceptors (Lipinski definition) is 5. The van der Waals surface area contributed by atoms with Gasteiger partial charge in [-0.3, -0.25) is 9.59 Å². The van der Waals surface area contributed by atoms with Gasteiger partial charge in [-0.25, -0.2) is 5.43 Å². The number of carbonyl (C=O) groups is 2. The Kier molecular flexibility index (Phi) is 7.01. The molecule has 9 heteroatoms. The zero-order chi connectivity index (χ0) is 23.4. The Bertz CT molecular complexity index is 1220. The molecule has 4 rings (SSSR count). The van der Waals surface area contributed by atoms with Gasteiger partial charge in [0.1, 0.15) is 11.5 Å². The first kappa shape index (κ1) is 22.9. The predicted octanol–water partition coefficient (Wildman–Crippen LogP) is 5.38. The highest BCUT2D eigenvalue weighted by molar-refractivity contribution is 6.36. The largest absolute Gasteiger partial charge is 0.484 e. The van der Waals surface area contributed by atoms with Gasteiger partial charge in [-0.1, -0.05) is 41.4 Å². The molecule has 1 heterocycles. The summed E-state index contributed by atoms with van der Waals surface area (Å²) in [5.41, 5.74) is 5.03. The first-order valence-corrected chi connectivity index (χ1v) is 11.1. The summed E-state index contributed by atoms with van der Waals surface area (Å²) in [7, 11) is 0. The van der Waals surface area contributed by atoms with Gasteiger partial charge in [-0.2, -0.15) is 5.10 Å². The Morgan fingerprint density at radius 3 is 2.67 bits per heavy atom. The summed E-state index contributed by atoms with van der Waals surface area (Å²) in [5, 5.41) is 7.84. The summed E-state index contributed by atoms with van der Waals surface area (Å²) in [4.78, 5) is 25.0. The number of amides is 2. The molecule has 0 unspecified atom stereocenters. The second-order valence-corrected chi connectivity index (χ2v) is 8.33. The predicted molar refractivity (Wildman–Crippen MR) is 127 cm³/mol. The fourth-order valence-electron chi connectivity index (χ4n) is 3.59. The van der Waals surface area contributed by atoms with E-state index >= 15 is 0 Å². The normalized spacial score (nSPS) is 14.0. The van der Waals surface area contributed by atoms with E-state index in [0.717, 1.165) is 12.0 Å². The van der Waals surface area contributed by atoms with Gasteiger partial charge in [0.15, 0.2) is 12.4 Å². The van der Waals surface area contributed by atoms with E-state index in [4.69, 9.17) is 32.4 Å². The maximum Gasteiger partial charge on any atom is 0.291 e. The van der Waals surface area contributed by atoms with Crippen molar-refractivity contribution in [3.05, 3.63) is 81.2 Å². The second-order valence-electron chi connectivity index (χ2n) is 7.48. The molecule has 170 valence electrons. The van der Waals surface area contributed by atoms with Crippen LogP contribution >= 0.6 is 23.2 Å². The summed E-state index contributed by atoms with van der Waals surface area (Å²) >= 11 is 12.1. The average Bonchev–Trinajstić information content (AvgIpc) is 3.16. The van der Waals surface area contributed by atoms with Crippen molar-refractivity contribution in [2.45, 2.75) is 26.2 Å². The molecule has 33 heavy (non-hydrogen) atoms. The molecule has 0 aliphatic heterocycles. The van der Waals surface area contributed by atoms with Crippen molar-refractivity contribution in [2.75, 3.05) is 11.9 Å². The van der Waals surface area contributed by atoms with Gasteiger partial charge in [-0.15, -0.1) is 0 Å². The fourth-order valence-corrected chi connectivity index (χ4v) is 4.05. The fraction of sp³-hybridized carbons (Fsp3) is 0.208. The topological polar surface area (TPSA) is 92.9 Å². The highest BCUT2D eigenvalue weighted by atomic mass is 35.5. The number of halogens is 2. The smallest absolute Gasteiger partial charge is 0.291 e. The van der Waals surface area contributed by atoms with E-state index in [1.54, 1.807) is 37.3 Å². The lowest BCUT2D eigenvalue weighted by molar-refractivity contribution is -0.123. The number of nitrogens with one attached hydrogen (secondary N) is 2. The number of para-hydroxylation sites is 1. The van der Waals surface area contributed by atoms with E-state index in [1.807, 2.05) is 18.2 Å². The Labute approximate surface area is 200 Å². The lowest BCUT2D eigenvalue weighted by Gasteiger charge is -2.13. The lowest BCUT2D eigenvalue weighted by Crippen LogP contribution is -2.27. The summed E-state index contributed by atoms with van der Waals surface area (Å²) in [5.74, 6) is 0.641. The molecule has 0 radical (unpaired) electrons. The number of rotatable bonds is 6. The molecule has 0 fully saturated rings. The molecule has 2 N–H and O–H groups in total. The van der Waals surface area contributed by atoms with Crippen molar-refractivity contribution in [1.29, 1.82) is 0 Å². The molecule has 0 atom stereocenters. The minimum atomic E-state index is -0.425. The standard InChI is InChI=1S/C24H21Cl2N3O4/c1-14-22-19(28-29-21(30)13-32-16-6-3-2-4-7-16)8-5-9-20(22)33-23(14)24(31)27-18-11-10-15(25)12-17(18)26/h2-4,6-7,10-12H,5,8-9,13H2,1H3,(H,27,31)(H,29,30)/b28-19+. The number of ether oxygens (including phenoxy) is 1. The molecule has 3 aromatic rings. The third-order valence-electron chi connectivity index (χ3n) is 5.14. The molecule has 7 nitrogen and oxygen atoms in total. The van der Waals surface area contributed by atoms with Gasteiger partial charge in [0, 0.05) is 22.6 Å². The van der Waals surface area contributed by atoms with E-state index in [2.05, 4.69) is 15.8 Å². The van der Waals surface area contributed by atoms with Crippen molar-refractivity contribution in [2.24, 2.45) is 5.10 Å². The Hall–Kier alpha value is -3.29. The van der Waals surface area contributed by atoms with Crippen LogP contribution in [-0.2, 0) is 11.2 Å². The van der Waals surface area contributed by atoms with E-state index in [9.17, 15) is 9.59 Å². The molecule has 0 saturated heterocycles. The molecule has 1 aliphatic carbocycles.